The molecule has 0 aromatic carbocycles. The second-order valence-electron chi connectivity index (χ2n) is 4.31. The molecule has 0 bridgehead atoms. The Bertz CT molecular complexity index is 456. The molecule has 17 heavy (non-hydrogen) atoms. The second kappa shape index (κ2) is 6.03. The van der Waals surface area contributed by atoms with Crippen LogP contribution in [0.5, 0.6) is 0 Å². The van der Waals surface area contributed by atoms with Gasteiger partial charge in [0.1, 0.15) is 0 Å². The molecule has 0 aliphatic rings. The number of nitrogens with one attached hydrogen (secondary N) is 1. The van der Waals surface area contributed by atoms with E-state index in [4.69, 9.17) is 0 Å². The molecule has 0 amide bonds. The topological polar surface area (TPSA) is 17.0 Å². The zero-order valence-corrected chi connectivity index (χ0v) is 11.4. The Hall–Kier alpha value is -1.06. The third-order valence-corrected chi connectivity index (χ3v) is 3.79. The van der Waals surface area contributed by atoms with Crippen LogP contribution >= 0.6 is 11.3 Å². The van der Waals surface area contributed by atoms with Crippen LogP contribution in [0.3, 0.4) is 0 Å². The highest BCUT2D eigenvalue weighted by Crippen LogP contribution is 2.14. The maximum absolute atomic E-state index is 3.51. The summed E-state index contributed by atoms with van der Waals surface area (Å²) in [4.78, 5) is 2.80. The predicted octanol–water partition coefficient (Wildman–Crippen LogP) is 3.56. The number of aromatic nitrogens is 1. The standard InChI is InChI=1S/C14H20N2S/c1-3-8-16-9-4-5-13(16)10-15-11-14-7-6-12(2)17-14/h4-7,9,15H,3,8,10-11H2,1-2H3. The number of hydrogen-bond donors (Lipinski definition) is 1. The summed E-state index contributed by atoms with van der Waals surface area (Å²) in [5.41, 5.74) is 1.38. The molecule has 3 heteroatoms. The fourth-order valence-corrected chi connectivity index (χ4v) is 2.82. The maximum Gasteiger partial charge on any atom is 0.0362 e. The van der Waals surface area contributed by atoms with E-state index in [2.05, 4.69) is 54.2 Å². The molecule has 0 saturated heterocycles. The minimum Gasteiger partial charge on any atom is -0.350 e. The van der Waals surface area contributed by atoms with E-state index >= 15 is 0 Å². The smallest absolute Gasteiger partial charge is 0.0362 e. The highest BCUT2D eigenvalue weighted by atomic mass is 32.1. The van der Waals surface area contributed by atoms with Crippen molar-refractivity contribution in [3.63, 3.8) is 0 Å². The lowest BCUT2D eigenvalue weighted by Gasteiger charge is -2.08. The molecule has 0 aliphatic carbocycles. The van der Waals surface area contributed by atoms with Crippen molar-refractivity contribution >= 4 is 11.3 Å². The number of aryl methyl sites for hydroxylation is 2. The van der Waals surface area contributed by atoms with E-state index in [0.29, 0.717) is 0 Å². The molecule has 0 fully saturated rings. The molecule has 2 aromatic rings. The number of nitrogens with zero attached hydrogens (tertiary/aromatic N) is 1. The lowest BCUT2D eigenvalue weighted by atomic mass is 10.4. The van der Waals surface area contributed by atoms with Crippen molar-refractivity contribution < 1.29 is 0 Å². The molecule has 2 rings (SSSR count). The zero-order valence-electron chi connectivity index (χ0n) is 10.6. The van der Waals surface area contributed by atoms with Crippen LogP contribution in [-0.4, -0.2) is 4.57 Å². The van der Waals surface area contributed by atoms with Gasteiger partial charge >= 0.3 is 0 Å². The van der Waals surface area contributed by atoms with Crippen LogP contribution in [0.4, 0.5) is 0 Å². The van der Waals surface area contributed by atoms with Crippen molar-refractivity contribution in [2.24, 2.45) is 0 Å². The van der Waals surface area contributed by atoms with Gasteiger partial charge in [-0.05, 0) is 37.6 Å². The van der Waals surface area contributed by atoms with Crippen molar-refractivity contribution in [1.82, 2.24) is 9.88 Å². The van der Waals surface area contributed by atoms with E-state index in [1.54, 1.807) is 0 Å². The molecule has 92 valence electrons. The first-order chi connectivity index (χ1) is 8.29. The van der Waals surface area contributed by atoms with Crippen molar-refractivity contribution in [2.45, 2.75) is 39.9 Å². The van der Waals surface area contributed by atoms with Gasteiger partial charge in [-0.15, -0.1) is 11.3 Å². The largest absolute Gasteiger partial charge is 0.350 e. The molecule has 0 atom stereocenters. The van der Waals surface area contributed by atoms with Gasteiger partial charge < -0.3 is 9.88 Å². The zero-order chi connectivity index (χ0) is 12.1. The lowest BCUT2D eigenvalue weighted by Crippen LogP contribution is -2.15. The first kappa shape index (κ1) is 12.4. The molecule has 1 N–H and O–H groups in total. The fraction of sp³-hybridized carbons (Fsp3) is 0.429. The Kier molecular flexibility index (Phi) is 4.40. The lowest BCUT2D eigenvalue weighted by molar-refractivity contribution is 0.604. The van der Waals surface area contributed by atoms with E-state index in [0.717, 1.165) is 19.6 Å². The third-order valence-electron chi connectivity index (χ3n) is 2.79. The van der Waals surface area contributed by atoms with Crippen LogP contribution in [0.25, 0.3) is 0 Å². The number of hydrogen-bond acceptors (Lipinski definition) is 2. The monoisotopic (exact) mass is 248 g/mol. The molecule has 0 aliphatic heterocycles. The highest BCUT2D eigenvalue weighted by Gasteiger charge is 2.00. The molecule has 2 aromatic heterocycles. The van der Waals surface area contributed by atoms with Crippen molar-refractivity contribution in [2.75, 3.05) is 0 Å². The Balaban J connectivity index is 1.83. The van der Waals surface area contributed by atoms with E-state index in [1.807, 2.05) is 11.3 Å². The van der Waals surface area contributed by atoms with Crippen LogP contribution < -0.4 is 5.32 Å². The Morgan fingerprint density at radius 1 is 1.24 bits per heavy atom. The van der Waals surface area contributed by atoms with Crippen molar-refractivity contribution in [1.29, 1.82) is 0 Å². The van der Waals surface area contributed by atoms with Gasteiger partial charge in [-0.25, -0.2) is 0 Å². The van der Waals surface area contributed by atoms with Crippen molar-refractivity contribution in [3.05, 3.63) is 45.9 Å². The highest BCUT2D eigenvalue weighted by molar-refractivity contribution is 7.11. The summed E-state index contributed by atoms with van der Waals surface area (Å²) in [7, 11) is 0. The molecule has 0 unspecified atom stereocenters. The average Bonchev–Trinajstić information content (AvgIpc) is 2.90. The SMILES string of the molecule is CCCn1cccc1CNCc1ccc(C)s1. The molecule has 2 nitrogen and oxygen atoms in total. The number of thiophene rings is 1. The first-order valence-corrected chi connectivity index (χ1v) is 7.01. The molecule has 2 heterocycles. The predicted molar refractivity (Wildman–Crippen MR) is 74.3 cm³/mol. The Labute approximate surface area is 107 Å². The van der Waals surface area contributed by atoms with Crippen LogP contribution in [0.15, 0.2) is 30.5 Å². The Morgan fingerprint density at radius 2 is 2.12 bits per heavy atom. The summed E-state index contributed by atoms with van der Waals surface area (Å²) >= 11 is 1.87. The van der Waals surface area contributed by atoms with Crippen LogP contribution in [0.2, 0.25) is 0 Å². The van der Waals surface area contributed by atoms with E-state index in [1.165, 1.54) is 21.9 Å². The average molecular weight is 248 g/mol. The second-order valence-corrected chi connectivity index (χ2v) is 5.68. The van der Waals surface area contributed by atoms with Gasteiger partial charge in [0.25, 0.3) is 0 Å². The van der Waals surface area contributed by atoms with Crippen LogP contribution in [0.1, 0.15) is 28.8 Å². The quantitative estimate of drug-likeness (QED) is 0.827. The summed E-state index contributed by atoms with van der Waals surface area (Å²) in [6, 6.07) is 8.71. The van der Waals surface area contributed by atoms with Gasteiger partial charge in [0, 0.05) is 41.3 Å². The van der Waals surface area contributed by atoms with Gasteiger partial charge in [0.2, 0.25) is 0 Å². The van der Waals surface area contributed by atoms with Gasteiger partial charge in [-0.3, -0.25) is 0 Å². The third kappa shape index (κ3) is 3.45. The molecular weight excluding hydrogens is 228 g/mol. The summed E-state index contributed by atoms with van der Waals surface area (Å²) < 4.78 is 2.33. The van der Waals surface area contributed by atoms with E-state index < -0.39 is 0 Å². The molecule has 0 spiro atoms. The van der Waals surface area contributed by atoms with E-state index in [9.17, 15) is 0 Å². The molecule has 0 saturated carbocycles. The molecular formula is C14H20N2S. The van der Waals surface area contributed by atoms with E-state index in [-0.39, 0.29) is 0 Å². The normalized spacial score (nSPS) is 10.9. The van der Waals surface area contributed by atoms with Gasteiger partial charge in [0.05, 0.1) is 0 Å². The summed E-state index contributed by atoms with van der Waals surface area (Å²) in [5, 5.41) is 3.51. The van der Waals surface area contributed by atoms with Gasteiger partial charge in [-0.2, -0.15) is 0 Å². The van der Waals surface area contributed by atoms with Crippen LogP contribution in [-0.2, 0) is 19.6 Å². The minimum atomic E-state index is 0.948. The minimum absolute atomic E-state index is 0.948. The van der Waals surface area contributed by atoms with Gasteiger partial charge in [0.15, 0.2) is 0 Å². The van der Waals surface area contributed by atoms with Gasteiger partial charge in [-0.1, -0.05) is 6.92 Å². The summed E-state index contributed by atoms with van der Waals surface area (Å²) in [5.74, 6) is 0. The summed E-state index contributed by atoms with van der Waals surface area (Å²) in [6.07, 6.45) is 3.35. The van der Waals surface area contributed by atoms with Crippen molar-refractivity contribution in [3.8, 4) is 0 Å². The fourth-order valence-electron chi connectivity index (χ4n) is 1.96. The first-order valence-electron chi connectivity index (χ1n) is 6.19. The summed E-state index contributed by atoms with van der Waals surface area (Å²) in [6.45, 7) is 7.40. The maximum atomic E-state index is 3.51. The van der Waals surface area contributed by atoms with Crippen LogP contribution in [0, 0.1) is 6.92 Å². The number of rotatable bonds is 6. The molecule has 0 radical (unpaired) electrons. The Morgan fingerprint density at radius 3 is 2.82 bits per heavy atom.